The maximum Gasteiger partial charge on any atom is 0.236 e. The highest BCUT2D eigenvalue weighted by molar-refractivity contribution is 8.00. The molecular formula is C10H15NO3S. The van der Waals surface area contributed by atoms with Gasteiger partial charge in [-0.2, -0.15) is 0 Å². The van der Waals surface area contributed by atoms with Gasteiger partial charge in [0.25, 0.3) is 0 Å². The van der Waals surface area contributed by atoms with Crippen LogP contribution >= 0.6 is 11.8 Å². The summed E-state index contributed by atoms with van der Waals surface area (Å²) in [6.07, 6.45) is -0.0148. The monoisotopic (exact) mass is 229 g/mol. The van der Waals surface area contributed by atoms with Gasteiger partial charge in [0.1, 0.15) is 0 Å². The summed E-state index contributed by atoms with van der Waals surface area (Å²) >= 11 is 1.52. The normalized spacial score (nSPS) is 19.2. The van der Waals surface area contributed by atoms with E-state index in [-0.39, 0.29) is 42.2 Å². The van der Waals surface area contributed by atoms with Crippen LogP contribution in [-0.2, 0) is 14.4 Å². The van der Waals surface area contributed by atoms with E-state index in [1.807, 2.05) is 6.92 Å². The van der Waals surface area contributed by atoms with Crippen molar-refractivity contribution >= 4 is 29.2 Å². The van der Waals surface area contributed by atoms with Gasteiger partial charge in [0.05, 0.1) is 24.8 Å². The second-order valence-electron chi connectivity index (χ2n) is 3.55. The molecule has 1 aliphatic heterocycles. The lowest BCUT2D eigenvalue weighted by molar-refractivity contribution is -0.142. The predicted octanol–water partition coefficient (Wildman–Crippen LogP) is 0.499. The molecule has 1 heterocycles. The van der Waals surface area contributed by atoms with Crippen LogP contribution < -0.4 is 0 Å². The zero-order valence-electron chi connectivity index (χ0n) is 8.99. The number of hydrogen-bond acceptors (Lipinski definition) is 4. The molecule has 1 saturated heterocycles. The Morgan fingerprint density at radius 3 is 2.40 bits per heavy atom. The average Bonchev–Trinajstić information content (AvgIpc) is 2.15. The summed E-state index contributed by atoms with van der Waals surface area (Å²) in [6, 6.07) is 0. The third kappa shape index (κ3) is 3.34. The van der Waals surface area contributed by atoms with E-state index in [4.69, 9.17) is 0 Å². The number of rotatable bonds is 3. The minimum absolute atomic E-state index is 0.0148. The molecule has 1 unspecified atom stereocenters. The molecule has 1 atom stereocenters. The van der Waals surface area contributed by atoms with E-state index in [0.29, 0.717) is 0 Å². The molecule has 0 spiro atoms. The molecule has 1 amide bonds. The Labute approximate surface area is 93.4 Å². The van der Waals surface area contributed by atoms with Crippen molar-refractivity contribution in [1.82, 2.24) is 4.90 Å². The van der Waals surface area contributed by atoms with Gasteiger partial charge in [-0.3, -0.25) is 14.4 Å². The molecule has 0 bridgehead atoms. The highest BCUT2D eigenvalue weighted by Gasteiger charge is 2.29. The molecule has 1 rings (SSSR count). The highest BCUT2D eigenvalue weighted by atomic mass is 32.2. The molecule has 5 heteroatoms. The first-order chi connectivity index (χ1) is 7.04. The number of carbonyl (C=O) groups excluding carboxylic acids is 3. The Morgan fingerprint density at radius 1 is 1.40 bits per heavy atom. The zero-order chi connectivity index (χ0) is 11.4. The molecule has 1 fully saturated rings. The van der Waals surface area contributed by atoms with Crippen LogP contribution in [0.15, 0.2) is 0 Å². The summed E-state index contributed by atoms with van der Waals surface area (Å²) in [7, 11) is 0. The molecule has 0 aromatic rings. The molecule has 15 heavy (non-hydrogen) atoms. The standard InChI is InChI=1S/C10H15NO3S/c1-3-15-7(2)10(14)11-5-8(12)4-9(13)6-11/h7H,3-6H2,1-2H3. The van der Waals surface area contributed by atoms with Crippen LogP contribution in [0.25, 0.3) is 0 Å². The summed E-state index contributed by atoms with van der Waals surface area (Å²) in [5, 5.41) is -0.173. The molecule has 4 nitrogen and oxygen atoms in total. The van der Waals surface area contributed by atoms with Crippen LogP contribution in [0, 0.1) is 0 Å². The van der Waals surface area contributed by atoms with E-state index in [2.05, 4.69) is 0 Å². The van der Waals surface area contributed by atoms with E-state index in [1.165, 1.54) is 16.7 Å². The number of likely N-dealkylation sites (tertiary alicyclic amines) is 1. The van der Waals surface area contributed by atoms with Crippen LogP contribution in [0.2, 0.25) is 0 Å². The molecule has 0 radical (unpaired) electrons. The largest absolute Gasteiger partial charge is 0.327 e. The summed E-state index contributed by atoms with van der Waals surface area (Å²) in [5.41, 5.74) is 0. The lowest BCUT2D eigenvalue weighted by Crippen LogP contribution is -2.47. The average molecular weight is 229 g/mol. The lowest BCUT2D eigenvalue weighted by Gasteiger charge is -2.27. The lowest BCUT2D eigenvalue weighted by atomic mass is 10.1. The summed E-state index contributed by atoms with van der Waals surface area (Å²) in [6.45, 7) is 3.97. The molecule has 84 valence electrons. The number of Topliss-reactive ketones (excluding diaryl/α,β-unsaturated/α-hetero) is 2. The second kappa shape index (κ2) is 5.30. The first kappa shape index (κ1) is 12.2. The number of nitrogens with zero attached hydrogens (tertiary/aromatic N) is 1. The summed E-state index contributed by atoms with van der Waals surface area (Å²) < 4.78 is 0. The fourth-order valence-electron chi connectivity index (χ4n) is 1.55. The van der Waals surface area contributed by atoms with Crippen molar-refractivity contribution in [2.75, 3.05) is 18.8 Å². The van der Waals surface area contributed by atoms with Crippen molar-refractivity contribution in [1.29, 1.82) is 0 Å². The number of ketones is 2. The van der Waals surface area contributed by atoms with Gasteiger partial charge in [-0.1, -0.05) is 6.92 Å². The third-order valence-corrected chi connectivity index (χ3v) is 3.24. The van der Waals surface area contributed by atoms with Crippen molar-refractivity contribution in [3.63, 3.8) is 0 Å². The highest BCUT2D eigenvalue weighted by Crippen LogP contribution is 2.14. The van der Waals surface area contributed by atoms with Crippen molar-refractivity contribution < 1.29 is 14.4 Å². The molecule has 0 aromatic heterocycles. The predicted molar refractivity (Wildman–Crippen MR) is 58.8 cm³/mol. The van der Waals surface area contributed by atoms with Gasteiger partial charge >= 0.3 is 0 Å². The van der Waals surface area contributed by atoms with Gasteiger partial charge in [0.15, 0.2) is 11.6 Å². The first-order valence-electron chi connectivity index (χ1n) is 4.98. The summed E-state index contributed by atoms with van der Waals surface area (Å²) in [5.74, 6) is 0.424. The Hall–Kier alpha value is -0.840. The molecule has 0 N–H and O–H groups in total. The quantitative estimate of drug-likeness (QED) is 0.661. The van der Waals surface area contributed by atoms with Gasteiger partial charge in [-0.15, -0.1) is 11.8 Å². The van der Waals surface area contributed by atoms with Crippen LogP contribution in [0.5, 0.6) is 0 Å². The van der Waals surface area contributed by atoms with Gasteiger partial charge < -0.3 is 4.90 Å². The number of piperidine rings is 1. The van der Waals surface area contributed by atoms with Crippen molar-refractivity contribution in [2.24, 2.45) is 0 Å². The Bertz CT molecular complexity index is 274. The van der Waals surface area contributed by atoms with Crippen LogP contribution in [-0.4, -0.2) is 46.5 Å². The topological polar surface area (TPSA) is 54.5 Å². The van der Waals surface area contributed by atoms with E-state index < -0.39 is 0 Å². The third-order valence-electron chi connectivity index (χ3n) is 2.20. The minimum atomic E-state index is -0.173. The van der Waals surface area contributed by atoms with Gasteiger partial charge in [0, 0.05) is 0 Å². The van der Waals surface area contributed by atoms with Crippen molar-refractivity contribution in [3.05, 3.63) is 0 Å². The van der Waals surface area contributed by atoms with Crippen molar-refractivity contribution in [2.45, 2.75) is 25.5 Å². The van der Waals surface area contributed by atoms with Gasteiger partial charge in [0.2, 0.25) is 5.91 Å². The van der Waals surface area contributed by atoms with Crippen LogP contribution in [0.3, 0.4) is 0 Å². The van der Waals surface area contributed by atoms with E-state index >= 15 is 0 Å². The SMILES string of the molecule is CCSC(C)C(=O)N1CC(=O)CC(=O)C1. The maximum absolute atomic E-state index is 11.8. The second-order valence-corrected chi connectivity index (χ2v) is 5.16. The zero-order valence-corrected chi connectivity index (χ0v) is 9.80. The van der Waals surface area contributed by atoms with Gasteiger partial charge in [-0.05, 0) is 12.7 Å². The molecule has 0 aromatic carbocycles. The number of carbonyl (C=O) groups is 3. The molecule has 1 aliphatic rings. The van der Waals surface area contributed by atoms with E-state index in [0.717, 1.165) is 5.75 Å². The Morgan fingerprint density at radius 2 is 1.93 bits per heavy atom. The smallest absolute Gasteiger partial charge is 0.236 e. The van der Waals surface area contributed by atoms with Gasteiger partial charge in [-0.25, -0.2) is 0 Å². The fraction of sp³-hybridized carbons (Fsp3) is 0.700. The maximum atomic E-state index is 11.8. The minimum Gasteiger partial charge on any atom is -0.327 e. The first-order valence-corrected chi connectivity index (χ1v) is 6.03. The molecule has 0 aliphatic carbocycles. The van der Waals surface area contributed by atoms with Crippen LogP contribution in [0.1, 0.15) is 20.3 Å². The fourth-order valence-corrected chi connectivity index (χ4v) is 2.34. The van der Waals surface area contributed by atoms with Crippen molar-refractivity contribution in [3.8, 4) is 0 Å². The Balaban J connectivity index is 2.58. The number of thioether (sulfide) groups is 1. The Kier molecular flexibility index (Phi) is 4.32. The molecule has 0 saturated carbocycles. The summed E-state index contributed by atoms with van der Waals surface area (Å²) in [4.78, 5) is 35.4. The van der Waals surface area contributed by atoms with Crippen LogP contribution in [0.4, 0.5) is 0 Å². The van der Waals surface area contributed by atoms with E-state index in [1.54, 1.807) is 6.92 Å². The number of amides is 1. The number of hydrogen-bond donors (Lipinski definition) is 0. The molecular weight excluding hydrogens is 214 g/mol. The van der Waals surface area contributed by atoms with E-state index in [9.17, 15) is 14.4 Å².